The van der Waals surface area contributed by atoms with Crippen LogP contribution in [0.5, 0.6) is 0 Å². The number of aryl methyl sites for hydroxylation is 2. The van der Waals surface area contributed by atoms with Crippen LogP contribution in [0.1, 0.15) is 49.4 Å². The average molecular weight is 365 g/mol. The minimum absolute atomic E-state index is 0.0315. The molecule has 2 amide bonds. The van der Waals surface area contributed by atoms with E-state index < -0.39 is 17.2 Å². The van der Waals surface area contributed by atoms with Gasteiger partial charge in [0.05, 0.1) is 5.41 Å². The van der Waals surface area contributed by atoms with Gasteiger partial charge in [-0.25, -0.2) is 0 Å². The number of benzene rings is 2. The molecule has 0 fully saturated rings. The molecule has 3 rings (SSSR count). The Bertz CT molecular complexity index is 886. The van der Waals surface area contributed by atoms with Gasteiger partial charge in [-0.05, 0) is 72.3 Å². The number of carbonyl (C=O) groups is 2. The normalized spacial score (nSPS) is 14.6. The van der Waals surface area contributed by atoms with Gasteiger partial charge >= 0.3 is 0 Å². The first-order valence-corrected chi connectivity index (χ1v) is 8.72. The molecule has 9 N–H and O–H groups in total. The summed E-state index contributed by atoms with van der Waals surface area (Å²) in [6.07, 6.45) is 1.66. The molecule has 7 nitrogen and oxygen atoms in total. The largest absolute Gasteiger partial charge is 0.387 e. The molecule has 0 aliphatic heterocycles. The summed E-state index contributed by atoms with van der Waals surface area (Å²) in [5.41, 5.74) is 26.3. The fraction of sp³-hybridized carbons (Fsp3) is 0.250. The standard InChI is InChI=1S/C20H23N5O2/c21-8-7-20(19(24)25)15-5-3-13(17(22)26)9-11(15)1-2-12-10-14(18(23)27)4-6-16(12)20/h3-6,9-10H,1-2,7-8,21H2,(H2,22,26)(H2,23,27)(H3,24,25). The molecule has 0 heterocycles. The number of amides is 2. The number of hydrogen-bond donors (Lipinski definition) is 5. The maximum Gasteiger partial charge on any atom is 0.248 e. The summed E-state index contributed by atoms with van der Waals surface area (Å²) in [6.45, 7) is 0.313. The number of nitrogens with one attached hydrogen (secondary N) is 1. The molecule has 0 aromatic heterocycles. The monoisotopic (exact) mass is 365 g/mol. The molecule has 7 heteroatoms. The summed E-state index contributed by atoms with van der Waals surface area (Å²) < 4.78 is 0. The topological polar surface area (TPSA) is 162 Å². The number of rotatable bonds is 5. The van der Waals surface area contributed by atoms with Crippen molar-refractivity contribution < 1.29 is 9.59 Å². The van der Waals surface area contributed by atoms with Gasteiger partial charge < -0.3 is 22.9 Å². The van der Waals surface area contributed by atoms with E-state index in [2.05, 4.69) is 0 Å². The van der Waals surface area contributed by atoms with Crippen LogP contribution >= 0.6 is 0 Å². The summed E-state index contributed by atoms with van der Waals surface area (Å²) in [5.74, 6) is -1.05. The van der Waals surface area contributed by atoms with Gasteiger partial charge in [-0.1, -0.05) is 12.1 Å². The number of fused-ring (bicyclic) bond motifs is 2. The van der Waals surface area contributed by atoms with E-state index in [-0.39, 0.29) is 5.84 Å². The fourth-order valence-electron chi connectivity index (χ4n) is 4.07. The van der Waals surface area contributed by atoms with Gasteiger partial charge in [0.1, 0.15) is 5.84 Å². The zero-order valence-corrected chi connectivity index (χ0v) is 14.9. The van der Waals surface area contributed by atoms with Gasteiger partial charge in [-0.2, -0.15) is 0 Å². The molecule has 2 aromatic rings. The van der Waals surface area contributed by atoms with Crippen LogP contribution in [-0.2, 0) is 18.3 Å². The minimum atomic E-state index is -0.928. The van der Waals surface area contributed by atoms with Crippen molar-refractivity contribution >= 4 is 17.6 Å². The lowest BCUT2D eigenvalue weighted by atomic mass is 9.69. The molecular formula is C20H23N5O2. The number of primary amides is 2. The third-order valence-corrected chi connectivity index (χ3v) is 5.34. The molecule has 0 bridgehead atoms. The van der Waals surface area contributed by atoms with E-state index in [0.717, 1.165) is 22.3 Å². The van der Waals surface area contributed by atoms with Crippen LogP contribution in [0.3, 0.4) is 0 Å². The highest BCUT2D eigenvalue weighted by Crippen LogP contribution is 2.42. The van der Waals surface area contributed by atoms with Crippen molar-refractivity contribution in [1.82, 2.24) is 0 Å². The van der Waals surface area contributed by atoms with E-state index in [4.69, 9.17) is 28.3 Å². The van der Waals surface area contributed by atoms with E-state index >= 15 is 0 Å². The summed E-state index contributed by atoms with van der Waals surface area (Å²) in [7, 11) is 0. The van der Waals surface area contributed by atoms with Gasteiger partial charge in [-0.3, -0.25) is 15.0 Å². The van der Waals surface area contributed by atoms with E-state index in [1.165, 1.54) is 0 Å². The third-order valence-electron chi connectivity index (χ3n) is 5.34. The number of nitrogens with two attached hydrogens (primary N) is 4. The summed E-state index contributed by atoms with van der Waals surface area (Å²) >= 11 is 0. The summed E-state index contributed by atoms with van der Waals surface area (Å²) in [5, 5.41) is 8.41. The van der Waals surface area contributed by atoms with Crippen molar-refractivity contribution in [2.75, 3.05) is 6.54 Å². The molecule has 1 aliphatic carbocycles. The second-order valence-electron chi connectivity index (χ2n) is 6.83. The van der Waals surface area contributed by atoms with E-state index in [1.807, 2.05) is 12.1 Å². The van der Waals surface area contributed by atoms with Gasteiger partial charge in [0.2, 0.25) is 11.8 Å². The van der Waals surface area contributed by atoms with Crippen molar-refractivity contribution in [3.8, 4) is 0 Å². The van der Waals surface area contributed by atoms with Crippen molar-refractivity contribution in [3.05, 3.63) is 69.8 Å². The second-order valence-corrected chi connectivity index (χ2v) is 6.83. The lowest BCUT2D eigenvalue weighted by Gasteiger charge is -2.35. The zero-order chi connectivity index (χ0) is 19.8. The molecule has 2 aromatic carbocycles. The molecule has 0 saturated carbocycles. The molecule has 0 atom stereocenters. The molecule has 27 heavy (non-hydrogen) atoms. The molecule has 0 saturated heterocycles. The van der Waals surface area contributed by atoms with Crippen molar-refractivity contribution in [2.24, 2.45) is 22.9 Å². The Morgan fingerprint density at radius 2 is 1.33 bits per heavy atom. The molecule has 1 aliphatic rings. The average Bonchev–Trinajstić information content (AvgIpc) is 2.77. The van der Waals surface area contributed by atoms with Crippen molar-refractivity contribution in [1.29, 1.82) is 5.41 Å². The molecule has 0 radical (unpaired) electrons. The Morgan fingerprint density at radius 3 is 1.67 bits per heavy atom. The van der Waals surface area contributed by atoms with Crippen LogP contribution < -0.4 is 22.9 Å². The lowest BCUT2D eigenvalue weighted by Crippen LogP contribution is -2.44. The Hall–Kier alpha value is -3.19. The third kappa shape index (κ3) is 2.96. The first-order chi connectivity index (χ1) is 12.8. The van der Waals surface area contributed by atoms with Crippen LogP contribution in [0, 0.1) is 5.41 Å². The highest BCUT2D eigenvalue weighted by molar-refractivity contribution is 5.97. The Labute approximate surface area is 157 Å². The maximum atomic E-state index is 11.6. The summed E-state index contributed by atoms with van der Waals surface area (Å²) in [6, 6.07) is 10.4. The van der Waals surface area contributed by atoms with Gasteiger partial charge in [-0.15, -0.1) is 0 Å². The minimum Gasteiger partial charge on any atom is -0.387 e. The Kier molecular flexibility index (Phi) is 4.72. The van der Waals surface area contributed by atoms with Gasteiger partial charge in [0.25, 0.3) is 0 Å². The maximum absolute atomic E-state index is 11.6. The van der Waals surface area contributed by atoms with Crippen LogP contribution in [0.25, 0.3) is 0 Å². The smallest absolute Gasteiger partial charge is 0.248 e. The quantitative estimate of drug-likeness (QED) is 0.386. The molecule has 140 valence electrons. The molecular weight excluding hydrogens is 342 g/mol. The zero-order valence-electron chi connectivity index (χ0n) is 14.9. The Balaban J connectivity index is 2.33. The lowest BCUT2D eigenvalue weighted by molar-refractivity contribution is 0.0991. The predicted octanol–water partition coefficient (Wildman–Crippen LogP) is 0.554. The predicted molar refractivity (Wildman–Crippen MR) is 104 cm³/mol. The van der Waals surface area contributed by atoms with Crippen LogP contribution in [0.15, 0.2) is 36.4 Å². The van der Waals surface area contributed by atoms with Gasteiger partial charge in [0.15, 0.2) is 0 Å². The number of amidine groups is 1. The second kappa shape index (κ2) is 6.85. The fourth-order valence-corrected chi connectivity index (χ4v) is 4.07. The molecule has 0 spiro atoms. The van der Waals surface area contributed by atoms with Crippen LogP contribution in [0.4, 0.5) is 0 Å². The van der Waals surface area contributed by atoms with E-state index in [9.17, 15) is 9.59 Å². The SMILES string of the molecule is N=C(N)C1(CCN)c2ccc(C(N)=O)cc2CCc2cc(C(N)=O)ccc21. The van der Waals surface area contributed by atoms with Crippen LogP contribution in [0.2, 0.25) is 0 Å². The van der Waals surface area contributed by atoms with Crippen LogP contribution in [-0.4, -0.2) is 24.2 Å². The van der Waals surface area contributed by atoms with Crippen molar-refractivity contribution in [2.45, 2.75) is 24.7 Å². The van der Waals surface area contributed by atoms with E-state index in [1.54, 1.807) is 24.3 Å². The highest BCUT2D eigenvalue weighted by atomic mass is 16.1. The Morgan fingerprint density at radius 1 is 0.889 bits per heavy atom. The number of hydrogen-bond acceptors (Lipinski definition) is 4. The number of carbonyl (C=O) groups excluding carboxylic acids is 2. The molecule has 0 unspecified atom stereocenters. The first-order valence-electron chi connectivity index (χ1n) is 8.72. The van der Waals surface area contributed by atoms with Gasteiger partial charge in [0, 0.05) is 11.1 Å². The first kappa shape index (κ1) is 18.6. The van der Waals surface area contributed by atoms with E-state index in [0.29, 0.717) is 36.9 Å². The summed E-state index contributed by atoms with van der Waals surface area (Å²) in [4.78, 5) is 23.2. The highest BCUT2D eigenvalue weighted by Gasteiger charge is 2.42. The van der Waals surface area contributed by atoms with Crippen molar-refractivity contribution in [3.63, 3.8) is 0 Å².